The molecule has 90 valence electrons. The fraction of sp³-hybridized carbons (Fsp3) is 0.538. The molecule has 0 aliphatic heterocycles. The van der Waals surface area contributed by atoms with Crippen LogP contribution < -0.4 is 5.73 Å². The molecule has 1 aliphatic rings. The van der Waals surface area contributed by atoms with E-state index in [0.29, 0.717) is 12.0 Å². The second kappa shape index (κ2) is 4.11. The predicted molar refractivity (Wildman–Crippen MR) is 67.7 cm³/mol. The Labute approximate surface area is 101 Å². The summed E-state index contributed by atoms with van der Waals surface area (Å²) in [6.45, 7) is 0. The van der Waals surface area contributed by atoms with Crippen LogP contribution in [-0.2, 0) is 7.05 Å². The number of hydrogen-bond acceptors (Lipinski definition) is 3. The Hall–Kier alpha value is -1.42. The molecule has 0 saturated heterocycles. The summed E-state index contributed by atoms with van der Waals surface area (Å²) in [7, 11) is 2.04. The zero-order valence-electron chi connectivity index (χ0n) is 10.1. The van der Waals surface area contributed by atoms with Gasteiger partial charge in [0.2, 0.25) is 0 Å². The van der Waals surface area contributed by atoms with Crippen molar-refractivity contribution in [3.05, 3.63) is 24.2 Å². The van der Waals surface area contributed by atoms with Gasteiger partial charge in [-0.2, -0.15) is 0 Å². The Morgan fingerprint density at radius 2 is 1.88 bits per heavy atom. The minimum Gasteiger partial charge on any atom is -0.334 e. The van der Waals surface area contributed by atoms with E-state index < -0.39 is 0 Å². The largest absolute Gasteiger partial charge is 0.334 e. The molecule has 4 nitrogen and oxygen atoms in total. The summed E-state index contributed by atoms with van der Waals surface area (Å²) >= 11 is 0. The van der Waals surface area contributed by atoms with Crippen molar-refractivity contribution in [2.24, 2.45) is 12.8 Å². The first-order valence-corrected chi connectivity index (χ1v) is 6.27. The molecule has 17 heavy (non-hydrogen) atoms. The van der Waals surface area contributed by atoms with Gasteiger partial charge in [-0.15, -0.1) is 0 Å². The molecule has 0 unspecified atom stereocenters. The molecule has 0 aromatic carbocycles. The van der Waals surface area contributed by atoms with Gasteiger partial charge in [-0.25, -0.2) is 4.98 Å². The minimum atomic E-state index is 0.396. The smallest absolute Gasteiger partial charge is 0.158 e. The molecular formula is C13H18N4. The Bertz CT molecular complexity index is 523. The van der Waals surface area contributed by atoms with Crippen LogP contribution >= 0.6 is 0 Å². The second-order valence-corrected chi connectivity index (χ2v) is 5.04. The highest BCUT2D eigenvalue weighted by Gasteiger charge is 2.23. The van der Waals surface area contributed by atoms with E-state index in [-0.39, 0.29) is 0 Å². The van der Waals surface area contributed by atoms with Crippen molar-refractivity contribution in [1.82, 2.24) is 14.5 Å². The first kappa shape index (κ1) is 10.7. The molecule has 1 fully saturated rings. The topological polar surface area (TPSA) is 56.7 Å². The van der Waals surface area contributed by atoms with Gasteiger partial charge in [-0.1, -0.05) is 0 Å². The zero-order valence-corrected chi connectivity index (χ0v) is 10.1. The van der Waals surface area contributed by atoms with Crippen LogP contribution in [0.25, 0.3) is 11.2 Å². The van der Waals surface area contributed by atoms with Crippen LogP contribution in [0, 0.1) is 0 Å². The summed E-state index contributed by atoms with van der Waals surface area (Å²) in [5, 5.41) is 0. The molecule has 3 rings (SSSR count). The average molecular weight is 230 g/mol. The highest BCUT2D eigenvalue weighted by molar-refractivity contribution is 5.76. The monoisotopic (exact) mass is 230 g/mol. The Kier molecular flexibility index (Phi) is 2.59. The molecule has 1 saturated carbocycles. The number of rotatable bonds is 1. The normalized spacial score (nSPS) is 25.3. The molecule has 0 amide bonds. The van der Waals surface area contributed by atoms with Gasteiger partial charge in [-0.3, -0.25) is 4.98 Å². The molecule has 0 atom stereocenters. The van der Waals surface area contributed by atoms with Crippen molar-refractivity contribution in [2.45, 2.75) is 37.6 Å². The molecule has 0 bridgehead atoms. The lowest BCUT2D eigenvalue weighted by Crippen LogP contribution is -2.25. The SMILES string of the molecule is Cn1cc(C2CCC(N)CC2)c2nccnc21. The summed E-state index contributed by atoms with van der Waals surface area (Å²) in [5.74, 6) is 0.607. The van der Waals surface area contributed by atoms with Crippen molar-refractivity contribution in [2.75, 3.05) is 0 Å². The third kappa shape index (κ3) is 1.82. The van der Waals surface area contributed by atoms with E-state index in [2.05, 4.69) is 20.7 Å². The zero-order chi connectivity index (χ0) is 11.8. The van der Waals surface area contributed by atoms with Gasteiger partial charge in [0.1, 0.15) is 5.52 Å². The minimum absolute atomic E-state index is 0.396. The molecular weight excluding hydrogens is 212 g/mol. The number of fused-ring (bicyclic) bond motifs is 1. The van der Waals surface area contributed by atoms with E-state index >= 15 is 0 Å². The molecule has 0 spiro atoms. The summed E-state index contributed by atoms with van der Waals surface area (Å²) in [6.07, 6.45) is 10.3. The molecule has 2 N–H and O–H groups in total. The van der Waals surface area contributed by atoms with Crippen LogP contribution in [0.5, 0.6) is 0 Å². The van der Waals surface area contributed by atoms with Gasteiger partial charge < -0.3 is 10.3 Å². The lowest BCUT2D eigenvalue weighted by atomic mass is 9.83. The number of nitrogens with two attached hydrogens (primary N) is 1. The van der Waals surface area contributed by atoms with E-state index in [1.54, 1.807) is 12.4 Å². The van der Waals surface area contributed by atoms with Crippen molar-refractivity contribution in [1.29, 1.82) is 0 Å². The van der Waals surface area contributed by atoms with Crippen LogP contribution in [0.3, 0.4) is 0 Å². The van der Waals surface area contributed by atoms with E-state index in [4.69, 9.17) is 5.73 Å². The molecule has 1 aliphatic carbocycles. The number of nitrogens with zero attached hydrogens (tertiary/aromatic N) is 3. The van der Waals surface area contributed by atoms with E-state index in [1.165, 1.54) is 18.4 Å². The molecule has 2 aromatic heterocycles. The van der Waals surface area contributed by atoms with Crippen molar-refractivity contribution >= 4 is 11.2 Å². The lowest BCUT2D eigenvalue weighted by Gasteiger charge is -2.25. The van der Waals surface area contributed by atoms with Gasteiger partial charge in [0.25, 0.3) is 0 Å². The van der Waals surface area contributed by atoms with Crippen molar-refractivity contribution in [3.8, 4) is 0 Å². The maximum Gasteiger partial charge on any atom is 0.158 e. The fourth-order valence-corrected chi connectivity index (χ4v) is 2.85. The third-order valence-corrected chi connectivity index (χ3v) is 3.83. The van der Waals surface area contributed by atoms with Gasteiger partial charge in [0.15, 0.2) is 5.65 Å². The van der Waals surface area contributed by atoms with Crippen molar-refractivity contribution in [3.63, 3.8) is 0 Å². The summed E-state index contributed by atoms with van der Waals surface area (Å²) in [4.78, 5) is 8.87. The van der Waals surface area contributed by atoms with Crippen LogP contribution in [0.1, 0.15) is 37.2 Å². The predicted octanol–water partition coefficient (Wildman–Crippen LogP) is 1.95. The van der Waals surface area contributed by atoms with Gasteiger partial charge in [-0.05, 0) is 31.6 Å². The van der Waals surface area contributed by atoms with Gasteiger partial charge in [0, 0.05) is 37.2 Å². The summed E-state index contributed by atoms with van der Waals surface area (Å²) in [6, 6.07) is 0.396. The molecule has 2 aromatic rings. The van der Waals surface area contributed by atoms with E-state index in [1.807, 2.05) is 7.05 Å². The van der Waals surface area contributed by atoms with Gasteiger partial charge >= 0.3 is 0 Å². The summed E-state index contributed by atoms with van der Waals surface area (Å²) < 4.78 is 2.08. The van der Waals surface area contributed by atoms with Crippen LogP contribution in [0.15, 0.2) is 18.6 Å². The number of aromatic nitrogens is 3. The second-order valence-electron chi connectivity index (χ2n) is 5.04. The molecule has 4 heteroatoms. The van der Waals surface area contributed by atoms with Crippen LogP contribution in [0.2, 0.25) is 0 Å². The Morgan fingerprint density at radius 3 is 2.65 bits per heavy atom. The Morgan fingerprint density at radius 1 is 1.18 bits per heavy atom. The number of aryl methyl sites for hydroxylation is 1. The van der Waals surface area contributed by atoms with E-state index in [9.17, 15) is 0 Å². The van der Waals surface area contributed by atoms with E-state index in [0.717, 1.165) is 24.0 Å². The maximum atomic E-state index is 5.96. The lowest BCUT2D eigenvalue weighted by molar-refractivity contribution is 0.396. The molecule has 2 heterocycles. The standard InChI is InChI=1S/C13H18N4/c1-17-8-11(9-2-4-10(14)5-3-9)12-13(17)16-7-6-15-12/h6-10H,2-5,14H2,1H3. The summed E-state index contributed by atoms with van der Waals surface area (Å²) in [5.41, 5.74) is 9.36. The Balaban J connectivity index is 2.00. The van der Waals surface area contributed by atoms with Crippen LogP contribution in [-0.4, -0.2) is 20.6 Å². The van der Waals surface area contributed by atoms with Gasteiger partial charge in [0.05, 0.1) is 0 Å². The quantitative estimate of drug-likeness (QED) is 0.814. The third-order valence-electron chi connectivity index (χ3n) is 3.83. The first-order chi connectivity index (χ1) is 8.25. The number of hydrogen-bond donors (Lipinski definition) is 1. The fourth-order valence-electron chi connectivity index (χ4n) is 2.85. The van der Waals surface area contributed by atoms with Crippen LogP contribution in [0.4, 0.5) is 0 Å². The maximum absolute atomic E-state index is 5.96. The highest BCUT2D eigenvalue weighted by atomic mass is 15.0. The van der Waals surface area contributed by atoms with Crippen molar-refractivity contribution < 1.29 is 0 Å². The molecule has 0 radical (unpaired) electrons. The first-order valence-electron chi connectivity index (χ1n) is 6.27. The highest BCUT2D eigenvalue weighted by Crippen LogP contribution is 2.35. The average Bonchev–Trinajstić information content (AvgIpc) is 2.69.